The smallest absolute Gasteiger partial charge is 0.380 e. The second kappa shape index (κ2) is 7.36. The summed E-state index contributed by atoms with van der Waals surface area (Å²) in [6.45, 7) is 1.55. The normalized spacial score (nSPS) is 13.7. The van der Waals surface area contributed by atoms with E-state index < -0.39 is 6.09 Å². The van der Waals surface area contributed by atoms with E-state index in [0.717, 1.165) is 19.5 Å². The molecule has 3 aromatic rings. The summed E-state index contributed by atoms with van der Waals surface area (Å²) in [5, 5.41) is 0. The topological polar surface area (TPSA) is 68.2 Å². The quantitative estimate of drug-likeness (QED) is 0.656. The highest BCUT2D eigenvalue weighted by atomic mass is 16.6. The Hall–Kier alpha value is -3.32. The Balaban J connectivity index is 1.55. The van der Waals surface area contributed by atoms with Crippen LogP contribution in [0.3, 0.4) is 0 Å². The second-order valence-electron chi connectivity index (χ2n) is 7.08. The van der Waals surface area contributed by atoms with Crippen LogP contribution in [0.4, 0.5) is 16.7 Å². The van der Waals surface area contributed by atoms with Crippen molar-refractivity contribution < 1.29 is 9.53 Å². The Morgan fingerprint density at radius 1 is 1.11 bits per heavy atom. The summed E-state index contributed by atoms with van der Waals surface area (Å²) < 4.78 is 5.21. The van der Waals surface area contributed by atoms with Crippen molar-refractivity contribution in [2.45, 2.75) is 13.0 Å². The fraction of sp³-hybridized carbons (Fsp3) is 0.238. The van der Waals surface area contributed by atoms with Crippen LogP contribution >= 0.6 is 0 Å². The summed E-state index contributed by atoms with van der Waals surface area (Å²) >= 11 is 0. The van der Waals surface area contributed by atoms with Gasteiger partial charge in [-0.25, -0.2) is 4.98 Å². The Bertz CT molecular complexity index is 991. The molecular formula is C21H21N5O2+. The molecule has 7 heteroatoms. The first kappa shape index (κ1) is 18.1. The van der Waals surface area contributed by atoms with Crippen LogP contribution in [0.5, 0.6) is 5.75 Å². The van der Waals surface area contributed by atoms with E-state index in [1.54, 1.807) is 38.4 Å². The SMILES string of the molecule is C[N+](C)(C(=O)Oc1cc[c]cc1)c1ncnc(N2CCc3ccccc3C2)n1. The van der Waals surface area contributed by atoms with Crippen LogP contribution in [0.2, 0.25) is 0 Å². The maximum atomic E-state index is 12.7. The predicted octanol–water partition coefficient (Wildman–Crippen LogP) is 3.00. The minimum Gasteiger partial charge on any atom is -0.380 e. The van der Waals surface area contributed by atoms with Gasteiger partial charge in [-0.15, -0.1) is 4.98 Å². The molecule has 28 heavy (non-hydrogen) atoms. The molecule has 0 saturated heterocycles. The van der Waals surface area contributed by atoms with E-state index >= 15 is 0 Å². The fourth-order valence-electron chi connectivity index (χ4n) is 3.10. The molecule has 0 N–H and O–H groups in total. The van der Waals surface area contributed by atoms with Crippen molar-refractivity contribution >= 4 is 18.0 Å². The third-order valence-electron chi connectivity index (χ3n) is 4.81. The van der Waals surface area contributed by atoms with Gasteiger partial charge in [0, 0.05) is 13.1 Å². The van der Waals surface area contributed by atoms with Crippen molar-refractivity contribution in [3.05, 3.63) is 72.1 Å². The monoisotopic (exact) mass is 375 g/mol. The molecule has 1 aliphatic heterocycles. The van der Waals surface area contributed by atoms with E-state index in [-0.39, 0.29) is 4.48 Å². The number of nitrogens with zero attached hydrogens (tertiary/aromatic N) is 5. The van der Waals surface area contributed by atoms with Crippen molar-refractivity contribution in [3.8, 4) is 5.75 Å². The van der Waals surface area contributed by atoms with E-state index in [0.29, 0.717) is 17.6 Å². The van der Waals surface area contributed by atoms with Crippen LogP contribution in [-0.2, 0) is 13.0 Å². The fourth-order valence-corrected chi connectivity index (χ4v) is 3.10. The lowest BCUT2D eigenvalue weighted by Crippen LogP contribution is -2.50. The Morgan fingerprint density at radius 3 is 2.64 bits per heavy atom. The molecule has 0 unspecified atom stereocenters. The molecule has 4 rings (SSSR count). The van der Waals surface area contributed by atoms with Gasteiger partial charge < -0.3 is 9.64 Å². The van der Waals surface area contributed by atoms with E-state index in [9.17, 15) is 4.79 Å². The molecule has 0 aliphatic carbocycles. The molecule has 1 radical (unpaired) electrons. The number of aromatic nitrogens is 3. The Morgan fingerprint density at radius 2 is 1.86 bits per heavy atom. The first-order valence-corrected chi connectivity index (χ1v) is 9.08. The van der Waals surface area contributed by atoms with Crippen molar-refractivity contribution in [2.24, 2.45) is 0 Å². The molecule has 2 aromatic carbocycles. The minimum atomic E-state index is -0.479. The van der Waals surface area contributed by atoms with Gasteiger partial charge in [-0.3, -0.25) is 0 Å². The average molecular weight is 375 g/mol. The first-order chi connectivity index (χ1) is 13.5. The number of hydrogen-bond acceptors (Lipinski definition) is 6. The lowest BCUT2D eigenvalue weighted by atomic mass is 10.0. The van der Waals surface area contributed by atoms with Gasteiger partial charge in [0.25, 0.3) is 0 Å². The third-order valence-corrected chi connectivity index (χ3v) is 4.81. The van der Waals surface area contributed by atoms with Crippen LogP contribution in [0.1, 0.15) is 11.1 Å². The molecule has 0 fully saturated rings. The van der Waals surface area contributed by atoms with Crippen LogP contribution in [0.25, 0.3) is 0 Å². The van der Waals surface area contributed by atoms with Gasteiger partial charge in [-0.1, -0.05) is 36.4 Å². The van der Waals surface area contributed by atoms with Crippen LogP contribution in [0.15, 0.2) is 54.9 Å². The number of hydrogen-bond donors (Lipinski definition) is 0. The van der Waals surface area contributed by atoms with Gasteiger partial charge in [0.15, 0.2) is 0 Å². The van der Waals surface area contributed by atoms with Crippen molar-refractivity contribution in [2.75, 3.05) is 25.5 Å². The lowest BCUT2D eigenvalue weighted by Gasteiger charge is -2.29. The Labute approximate surface area is 163 Å². The second-order valence-corrected chi connectivity index (χ2v) is 7.08. The largest absolute Gasteiger partial charge is 0.528 e. The van der Waals surface area contributed by atoms with Crippen LogP contribution in [-0.4, -0.2) is 41.7 Å². The average Bonchev–Trinajstić information content (AvgIpc) is 2.74. The van der Waals surface area contributed by atoms with E-state index in [1.165, 1.54) is 17.5 Å². The molecule has 0 saturated carbocycles. The van der Waals surface area contributed by atoms with E-state index in [2.05, 4.69) is 44.1 Å². The number of fused-ring (bicyclic) bond motifs is 1. The summed E-state index contributed by atoms with van der Waals surface area (Å²) in [6, 6.07) is 18.0. The highest BCUT2D eigenvalue weighted by Gasteiger charge is 2.36. The number of benzene rings is 2. The maximum Gasteiger partial charge on any atom is 0.528 e. The van der Waals surface area contributed by atoms with Gasteiger partial charge in [0.1, 0.15) is 12.1 Å². The van der Waals surface area contributed by atoms with Gasteiger partial charge in [0.2, 0.25) is 5.95 Å². The molecule has 1 aliphatic rings. The summed E-state index contributed by atoms with van der Waals surface area (Å²) in [6.07, 6.45) is 1.90. The van der Waals surface area contributed by atoms with Crippen LogP contribution < -0.4 is 14.1 Å². The summed E-state index contributed by atoms with van der Waals surface area (Å²) in [7, 11) is 3.39. The number of quaternary nitrogens is 1. The van der Waals surface area contributed by atoms with Crippen molar-refractivity contribution in [3.63, 3.8) is 0 Å². The zero-order valence-corrected chi connectivity index (χ0v) is 15.9. The number of amides is 1. The molecule has 0 spiro atoms. The predicted molar refractivity (Wildman–Crippen MR) is 106 cm³/mol. The zero-order chi connectivity index (χ0) is 19.6. The van der Waals surface area contributed by atoms with Gasteiger partial charge >= 0.3 is 12.0 Å². The molecular weight excluding hydrogens is 354 g/mol. The molecule has 7 nitrogen and oxygen atoms in total. The van der Waals surface area contributed by atoms with Gasteiger partial charge in [0.05, 0.1) is 14.1 Å². The molecule has 1 amide bonds. The molecule has 0 atom stereocenters. The number of carbonyl (C=O) groups is 1. The summed E-state index contributed by atoms with van der Waals surface area (Å²) in [5.41, 5.74) is 2.62. The molecule has 2 heterocycles. The number of anilines is 1. The first-order valence-electron chi connectivity index (χ1n) is 9.08. The number of carbonyl (C=O) groups excluding carboxylic acids is 1. The highest BCUT2D eigenvalue weighted by Crippen LogP contribution is 2.24. The van der Waals surface area contributed by atoms with Crippen LogP contribution in [0, 0.1) is 6.07 Å². The van der Waals surface area contributed by atoms with Crippen molar-refractivity contribution in [1.29, 1.82) is 0 Å². The zero-order valence-electron chi connectivity index (χ0n) is 15.9. The maximum absolute atomic E-state index is 12.7. The van der Waals surface area contributed by atoms with Crippen molar-refractivity contribution in [1.82, 2.24) is 19.4 Å². The number of rotatable bonds is 3. The highest BCUT2D eigenvalue weighted by molar-refractivity contribution is 5.81. The molecule has 141 valence electrons. The summed E-state index contributed by atoms with van der Waals surface area (Å²) in [4.78, 5) is 27.9. The Kier molecular flexibility index (Phi) is 4.75. The van der Waals surface area contributed by atoms with Gasteiger partial charge in [-0.2, -0.15) is 14.3 Å². The minimum absolute atomic E-state index is 0.251. The van der Waals surface area contributed by atoms with E-state index in [1.807, 2.05) is 6.07 Å². The molecule has 1 aromatic heterocycles. The summed E-state index contributed by atoms with van der Waals surface area (Å²) in [5.74, 6) is 1.35. The number of ether oxygens (including phenoxy) is 1. The molecule has 0 bridgehead atoms. The van der Waals surface area contributed by atoms with Gasteiger partial charge in [-0.05, 0) is 35.7 Å². The lowest BCUT2D eigenvalue weighted by molar-refractivity contribution is 0.170. The van der Waals surface area contributed by atoms with E-state index in [4.69, 9.17) is 4.74 Å². The third kappa shape index (κ3) is 3.57. The standard InChI is InChI=1S/C21H21N5O2/c1-26(2,21(27)28-18-10-4-3-5-11-18)20-23-15-22-19(24-20)25-13-12-16-8-6-7-9-17(16)14-25/h4-11,15H,12-14H2,1-2H3/q+1.